The Morgan fingerprint density at radius 3 is 3.08 bits per heavy atom. The fourth-order valence-corrected chi connectivity index (χ4v) is 2.88. The molecule has 1 aliphatic heterocycles. The van der Waals surface area contributed by atoms with Crippen molar-refractivity contribution in [3.63, 3.8) is 0 Å². The number of aryl methyl sites for hydroxylation is 1. The van der Waals surface area contributed by atoms with E-state index in [1.807, 2.05) is 0 Å². The summed E-state index contributed by atoms with van der Waals surface area (Å²) in [7, 11) is 1.42. The van der Waals surface area contributed by atoms with Gasteiger partial charge in [0.1, 0.15) is 5.82 Å². The number of nitrogens with zero attached hydrogens (tertiary/aromatic N) is 2. The smallest absolute Gasteiger partial charge is 0.225 e. The van der Waals surface area contributed by atoms with E-state index in [9.17, 15) is 9.18 Å². The van der Waals surface area contributed by atoms with Crippen molar-refractivity contribution < 1.29 is 18.7 Å². The molecule has 1 aliphatic rings. The number of ether oxygens (including phenoxy) is 2. The minimum atomic E-state index is -0.419. The van der Waals surface area contributed by atoms with Crippen LogP contribution in [0.25, 0.3) is 0 Å². The van der Waals surface area contributed by atoms with Gasteiger partial charge >= 0.3 is 0 Å². The Morgan fingerprint density at radius 1 is 1.48 bits per heavy atom. The summed E-state index contributed by atoms with van der Waals surface area (Å²) in [5, 5.41) is 7.14. The summed E-state index contributed by atoms with van der Waals surface area (Å²) in [5.74, 6) is 0.765. The zero-order chi connectivity index (χ0) is 17.6. The van der Waals surface area contributed by atoms with Crippen molar-refractivity contribution in [2.75, 3.05) is 25.6 Å². The predicted octanol–water partition coefficient (Wildman–Crippen LogP) is 2.64. The first-order valence-corrected chi connectivity index (χ1v) is 8.37. The summed E-state index contributed by atoms with van der Waals surface area (Å²) >= 11 is 0. The molecule has 0 spiro atoms. The standard InChI is InChI=1S/C18H22FN3O3/c1-24-16-4-2-13(10-15(16)19)3-5-18(23)21-17-6-8-20-22(17)11-14-7-9-25-12-14/h2,4,6,8,10,14H,3,5,7,9,11-12H2,1H3,(H,21,23)/t14-/m1/s1. The van der Waals surface area contributed by atoms with Gasteiger partial charge in [0.05, 0.1) is 19.9 Å². The van der Waals surface area contributed by atoms with Crippen LogP contribution in [-0.2, 0) is 22.5 Å². The van der Waals surface area contributed by atoms with Crippen LogP contribution in [0.15, 0.2) is 30.5 Å². The van der Waals surface area contributed by atoms with E-state index in [4.69, 9.17) is 9.47 Å². The second kappa shape index (κ2) is 8.11. The van der Waals surface area contributed by atoms with Crippen LogP contribution in [-0.4, -0.2) is 36.0 Å². The molecule has 7 heteroatoms. The number of carbonyl (C=O) groups is 1. The van der Waals surface area contributed by atoms with Crippen LogP contribution >= 0.6 is 0 Å². The predicted molar refractivity (Wildman–Crippen MR) is 91.1 cm³/mol. The average molecular weight is 347 g/mol. The van der Waals surface area contributed by atoms with Gasteiger partial charge < -0.3 is 14.8 Å². The molecule has 25 heavy (non-hydrogen) atoms. The van der Waals surface area contributed by atoms with Gasteiger partial charge in [-0.15, -0.1) is 0 Å². The Labute approximate surface area is 145 Å². The summed E-state index contributed by atoms with van der Waals surface area (Å²) in [6.45, 7) is 2.24. The molecule has 6 nitrogen and oxygen atoms in total. The highest BCUT2D eigenvalue weighted by atomic mass is 19.1. The number of hydrogen-bond acceptors (Lipinski definition) is 4. The fourth-order valence-electron chi connectivity index (χ4n) is 2.88. The van der Waals surface area contributed by atoms with Crippen molar-refractivity contribution in [3.05, 3.63) is 41.8 Å². The molecule has 1 amide bonds. The third-order valence-electron chi connectivity index (χ3n) is 4.30. The summed E-state index contributed by atoms with van der Waals surface area (Å²) in [4.78, 5) is 12.2. The molecule has 0 saturated carbocycles. The minimum Gasteiger partial charge on any atom is -0.494 e. The highest BCUT2D eigenvalue weighted by Gasteiger charge is 2.18. The SMILES string of the molecule is COc1ccc(CCC(=O)Nc2ccnn2C[C@H]2CCOC2)cc1F. The summed E-state index contributed by atoms with van der Waals surface area (Å²) in [6.07, 6.45) is 3.40. The minimum absolute atomic E-state index is 0.124. The molecule has 134 valence electrons. The number of halogens is 1. The van der Waals surface area contributed by atoms with E-state index >= 15 is 0 Å². The summed E-state index contributed by atoms with van der Waals surface area (Å²) < 4.78 is 25.7. The maximum atomic E-state index is 13.7. The molecule has 0 unspecified atom stereocenters. The molecule has 0 radical (unpaired) electrons. The van der Waals surface area contributed by atoms with Crippen LogP contribution < -0.4 is 10.1 Å². The van der Waals surface area contributed by atoms with Gasteiger partial charge in [-0.05, 0) is 30.5 Å². The topological polar surface area (TPSA) is 65.4 Å². The van der Waals surface area contributed by atoms with Gasteiger partial charge in [0.25, 0.3) is 0 Å². The number of methoxy groups -OCH3 is 1. The summed E-state index contributed by atoms with van der Waals surface area (Å²) in [5.41, 5.74) is 0.755. The van der Waals surface area contributed by atoms with E-state index < -0.39 is 5.82 Å². The Kier molecular flexibility index (Phi) is 5.65. The first-order valence-electron chi connectivity index (χ1n) is 8.37. The van der Waals surface area contributed by atoms with Gasteiger partial charge in [-0.1, -0.05) is 6.07 Å². The quantitative estimate of drug-likeness (QED) is 0.836. The molecule has 1 N–H and O–H groups in total. The molecule has 1 aromatic carbocycles. The number of benzene rings is 1. The van der Waals surface area contributed by atoms with E-state index in [0.29, 0.717) is 18.2 Å². The molecule has 3 rings (SSSR count). The average Bonchev–Trinajstić information content (AvgIpc) is 3.26. The summed E-state index contributed by atoms with van der Waals surface area (Å²) in [6, 6.07) is 6.51. The van der Waals surface area contributed by atoms with E-state index in [1.165, 1.54) is 13.2 Å². The number of carbonyl (C=O) groups excluding carboxylic acids is 1. The van der Waals surface area contributed by atoms with Crippen LogP contribution in [0.1, 0.15) is 18.4 Å². The van der Waals surface area contributed by atoms with Gasteiger partial charge in [0, 0.05) is 31.6 Å². The number of amides is 1. The number of nitrogens with one attached hydrogen (secondary N) is 1. The normalized spacial score (nSPS) is 16.8. The highest BCUT2D eigenvalue weighted by Crippen LogP contribution is 2.19. The van der Waals surface area contributed by atoms with Crippen molar-refractivity contribution >= 4 is 11.7 Å². The molecule has 2 heterocycles. The number of aromatic nitrogens is 2. The lowest BCUT2D eigenvalue weighted by Crippen LogP contribution is -2.19. The number of anilines is 1. The highest BCUT2D eigenvalue weighted by molar-refractivity contribution is 5.89. The molecule has 1 fully saturated rings. The van der Waals surface area contributed by atoms with Gasteiger partial charge in [0.2, 0.25) is 5.91 Å². The van der Waals surface area contributed by atoms with Crippen molar-refractivity contribution in [3.8, 4) is 5.75 Å². The van der Waals surface area contributed by atoms with Gasteiger partial charge in [-0.25, -0.2) is 9.07 Å². The van der Waals surface area contributed by atoms with E-state index in [-0.39, 0.29) is 18.1 Å². The van der Waals surface area contributed by atoms with Gasteiger partial charge in [-0.3, -0.25) is 4.79 Å². The molecule has 0 bridgehead atoms. The van der Waals surface area contributed by atoms with E-state index in [2.05, 4.69) is 10.4 Å². The zero-order valence-electron chi connectivity index (χ0n) is 14.2. The third kappa shape index (κ3) is 4.57. The lowest BCUT2D eigenvalue weighted by atomic mass is 10.1. The van der Waals surface area contributed by atoms with Crippen LogP contribution in [0.2, 0.25) is 0 Å². The van der Waals surface area contributed by atoms with Gasteiger partial charge in [0.15, 0.2) is 11.6 Å². The molecule has 1 saturated heterocycles. The lowest BCUT2D eigenvalue weighted by Gasteiger charge is -2.12. The maximum absolute atomic E-state index is 13.7. The van der Waals surface area contributed by atoms with Crippen molar-refractivity contribution in [1.82, 2.24) is 9.78 Å². The van der Waals surface area contributed by atoms with Crippen LogP contribution in [0.5, 0.6) is 5.75 Å². The van der Waals surface area contributed by atoms with Crippen molar-refractivity contribution in [2.45, 2.75) is 25.8 Å². The second-order valence-corrected chi connectivity index (χ2v) is 6.15. The molecule has 1 aromatic heterocycles. The number of rotatable bonds is 7. The Morgan fingerprint density at radius 2 is 2.36 bits per heavy atom. The monoisotopic (exact) mass is 347 g/mol. The van der Waals surface area contributed by atoms with Crippen molar-refractivity contribution in [2.24, 2.45) is 5.92 Å². The molecule has 2 aromatic rings. The van der Waals surface area contributed by atoms with Crippen LogP contribution in [0, 0.1) is 11.7 Å². The van der Waals surface area contributed by atoms with Crippen molar-refractivity contribution in [1.29, 1.82) is 0 Å². The third-order valence-corrected chi connectivity index (χ3v) is 4.30. The molecule has 1 atom stereocenters. The van der Waals surface area contributed by atoms with Crippen LogP contribution in [0.4, 0.5) is 10.2 Å². The van der Waals surface area contributed by atoms with Crippen LogP contribution in [0.3, 0.4) is 0 Å². The Hall–Kier alpha value is -2.41. The first kappa shape index (κ1) is 17.4. The molecular weight excluding hydrogens is 325 g/mol. The lowest BCUT2D eigenvalue weighted by molar-refractivity contribution is -0.116. The zero-order valence-corrected chi connectivity index (χ0v) is 14.2. The molecular formula is C18H22FN3O3. The van der Waals surface area contributed by atoms with Gasteiger partial charge in [-0.2, -0.15) is 5.10 Å². The second-order valence-electron chi connectivity index (χ2n) is 6.15. The Bertz CT molecular complexity index is 726. The number of hydrogen-bond donors (Lipinski definition) is 1. The van der Waals surface area contributed by atoms with E-state index in [0.717, 1.165) is 31.7 Å². The maximum Gasteiger partial charge on any atom is 0.225 e. The first-order chi connectivity index (χ1) is 12.2. The Balaban J connectivity index is 1.52. The molecule has 0 aliphatic carbocycles. The van der Waals surface area contributed by atoms with E-state index in [1.54, 1.807) is 29.1 Å². The largest absolute Gasteiger partial charge is 0.494 e. The fraction of sp³-hybridized carbons (Fsp3) is 0.444.